The van der Waals surface area contributed by atoms with Gasteiger partial charge in [0.25, 0.3) is 0 Å². The van der Waals surface area contributed by atoms with E-state index in [0.29, 0.717) is 12.8 Å². The van der Waals surface area contributed by atoms with Crippen LogP contribution in [-0.4, -0.2) is 42.3 Å². The van der Waals surface area contributed by atoms with Crippen molar-refractivity contribution in [3.05, 3.63) is 35.9 Å². The minimum Gasteiger partial charge on any atom is -0.464 e. The molecule has 7 nitrogen and oxygen atoms in total. The summed E-state index contributed by atoms with van der Waals surface area (Å²) >= 11 is 0. The van der Waals surface area contributed by atoms with Crippen LogP contribution < -0.4 is 10.6 Å². The van der Waals surface area contributed by atoms with Gasteiger partial charge in [0.15, 0.2) is 0 Å². The van der Waals surface area contributed by atoms with Gasteiger partial charge in [-0.1, -0.05) is 30.3 Å². The van der Waals surface area contributed by atoms with E-state index in [-0.39, 0.29) is 6.61 Å². The van der Waals surface area contributed by atoms with Crippen molar-refractivity contribution in [1.82, 2.24) is 10.6 Å². The summed E-state index contributed by atoms with van der Waals surface area (Å²) in [7, 11) is 0. The maximum atomic E-state index is 12.6. The van der Waals surface area contributed by atoms with Gasteiger partial charge in [0, 0.05) is 0 Å². The molecular weight excluding hydrogens is 348 g/mol. The summed E-state index contributed by atoms with van der Waals surface area (Å²) in [6.45, 7) is 8.70. The van der Waals surface area contributed by atoms with Gasteiger partial charge in [0.1, 0.15) is 17.7 Å². The molecule has 0 saturated heterocycles. The van der Waals surface area contributed by atoms with E-state index >= 15 is 0 Å². The zero-order valence-electron chi connectivity index (χ0n) is 16.7. The first kappa shape index (κ1) is 22.5. The number of nitrogens with one attached hydrogen (secondary N) is 2. The van der Waals surface area contributed by atoms with Gasteiger partial charge in [-0.15, -0.1) is 0 Å². The monoisotopic (exact) mass is 378 g/mol. The van der Waals surface area contributed by atoms with Crippen molar-refractivity contribution in [1.29, 1.82) is 0 Å². The maximum Gasteiger partial charge on any atom is 0.408 e. The Morgan fingerprint density at radius 3 is 2.26 bits per heavy atom. The Morgan fingerprint density at radius 1 is 1.07 bits per heavy atom. The normalized spacial score (nSPS) is 13.2. The van der Waals surface area contributed by atoms with Gasteiger partial charge in [-0.2, -0.15) is 0 Å². The van der Waals surface area contributed by atoms with Crippen LogP contribution >= 0.6 is 0 Å². The van der Waals surface area contributed by atoms with Gasteiger partial charge in [-0.25, -0.2) is 9.59 Å². The summed E-state index contributed by atoms with van der Waals surface area (Å²) in [4.78, 5) is 36.4. The van der Waals surface area contributed by atoms with Crippen molar-refractivity contribution in [2.45, 2.75) is 65.1 Å². The highest BCUT2D eigenvalue weighted by atomic mass is 16.6. The fraction of sp³-hybridized carbons (Fsp3) is 0.550. The van der Waals surface area contributed by atoms with E-state index in [1.807, 2.05) is 30.3 Å². The van der Waals surface area contributed by atoms with Gasteiger partial charge in [-0.3, -0.25) is 4.79 Å². The van der Waals surface area contributed by atoms with Crippen LogP contribution in [0.1, 0.15) is 46.6 Å². The second kappa shape index (κ2) is 10.5. The van der Waals surface area contributed by atoms with E-state index < -0.39 is 35.7 Å². The Balaban J connectivity index is 2.77. The Hall–Kier alpha value is -2.57. The minimum absolute atomic E-state index is 0.229. The lowest BCUT2D eigenvalue weighted by Gasteiger charge is -2.24. The van der Waals surface area contributed by atoms with Crippen LogP contribution in [0.5, 0.6) is 0 Å². The van der Waals surface area contributed by atoms with Crippen LogP contribution in [0.3, 0.4) is 0 Å². The lowest BCUT2D eigenvalue weighted by Crippen LogP contribution is -2.52. The molecule has 0 bridgehead atoms. The van der Waals surface area contributed by atoms with Gasteiger partial charge in [-0.05, 0) is 53.0 Å². The summed E-state index contributed by atoms with van der Waals surface area (Å²) in [6, 6.07) is 7.98. The topological polar surface area (TPSA) is 93.7 Å². The van der Waals surface area contributed by atoms with Gasteiger partial charge in [0.2, 0.25) is 5.91 Å². The first-order valence-corrected chi connectivity index (χ1v) is 9.13. The molecule has 0 spiro atoms. The molecule has 0 radical (unpaired) electrons. The molecule has 150 valence electrons. The average Bonchev–Trinajstić information content (AvgIpc) is 2.57. The molecule has 0 aliphatic carbocycles. The van der Waals surface area contributed by atoms with Crippen molar-refractivity contribution in [2.24, 2.45) is 0 Å². The molecule has 0 fully saturated rings. The number of benzene rings is 1. The van der Waals surface area contributed by atoms with Crippen molar-refractivity contribution < 1.29 is 23.9 Å². The van der Waals surface area contributed by atoms with E-state index in [2.05, 4.69) is 10.6 Å². The molecule has 0 aromatic heterocycles. The third-order valence-electron chi connectivity index (χ3n) is 3.57. The number of carbonyl (C=O) groups excluding carboxylic acids is 3. The van der Waals surface area contributed by atoms with E-state index in [1.54, 1.807) is 27.7 Å². The highest BCUT2D eigenvalue weighted by Gasteiger charge is 2.27. The van der Waals surface area contributed by atoms with Crippen molar-refractivity contribution >= 4 is 18.0 Å². The van der Waals surface area contributed by atoms with Crippen molar-refractivity contribution in [2.75, 3.05) is 6.61 Å². The van der Waals surface area contributed by atoms with E-state index in [0.717, 1.165) is 5.56 Å². The first-order valence-electron chi connectivity index (χ1n) is 9.13. The van der Waals surface area contributed by atoms with Gasteiger partial charge in [0.05, 0.1) is 6.61 Å². The quantitative estimate of drug-likeness (QED) is 0.678. The van der Waals surface area contributed by atoms with Gasteiger partial charge < -0.3 is 20.1 Å². The predicted molar refractivity (Wildman–Crippen MR) is 102 cm³/mol. The Morgan fingerprint density at radius 2 is 1.70 bits per heavy atom. The standard InChI is InChI=1S/C20H30N2O5/c1-6-26-18(24)14(2)21-17(23)16(22-19(25)27-20(3,4)5)13-12-15-10-8-7-9-11-15/h7-11,14,16H,6,12-13H2,1-5H3,(H,21,23)(H,22,25)/t14-,16-/m0/s1. The first-order chi connectivity index (χ1) is 12.6. The summed E-state index contributed by atoms with van der Waals surface area (Å²) in [5.74, 6) is -0.984. The minimum atomic E-state index is -0.836. The number of alkyl carbamates (subject to hydrolysis) is 1. The van der Waals surface area contributed by atoms with Crippen LogP contribution in [0.2, 0.25) is 0 Å². The lowest BCUT2D eigenvalue weighted by atomic mass is 10.0. The molecule has 1 aromatic rings. The molecule has 2 atom stereocenters. The molecule has 7 heteroatoms. The molecule has 2 amide bonds. The van der Waals surface area contributed by atoms with Crippen LogP contribution in [0, 0.1) is 0 Å². The Labute approximate surface area is 160 Å². The Bertz CT molecular complexity index is 625. The number of hydrogen-bond donors (Lipinski definition) is 2. The highest BCUT2D eigenvalue weighted by molar-refractivity contribution is 5.89. The fourth-order valence-corrected chi connectivity index (χ4v) is 2.31. The number of ether oxygens (including phenoxy) is 2. The second-order valence-electron chi connectivity index (χ2n) is 7.21. The Kier molecular flexibility index (Phi) is 8.78. The molecule has 1 rings (SSSR count). The third kappa shape index (κ3) is 9.08. The molecule has 0 saturated carbocycles. The molecule has 0 heterocycles. The van der Waals surface area contributed by atoms with Crippen LogP contribution in [0.4, 0.5) is 4.79 Å². The zero-order valence-corrected chi connectivity index (χ0v) is 16.7. The number of amides is 2. The third-order valence-corrected chi connectivity index (χ3v) is 3.57. The number of aryl methyl sites for hydroxylation is 1. The van der Waals surface area contributed by atoms with E-state index in [1.165, 1.54) is 6.92 Å². The molecule has 1 aromatic carbocycles. The number of hydrogen-bond acceptors (Lipinski definition) is 5. The maximum absolute atomic E-state index is 12.6. The van der Waals surface area contributed by atoms with E-state index in [4.69, 9.17) is 9.47 Å². The predicted octanol–water partition coefficient (Wildman–Crippen LogP) is 2.58. The number of esters is 1. The summed E-state index contributed by atoms with van der Waals surface area (Å²) in [5.41, 5.74) is 0.364. The van der Waals surface area contributed by atoms with Crippen LogP contribution in [0.15, 0.2) is 30.3 Å². The number of carbonyl (C=O) groups is 3. The average molecular weight is 378 g/mol. The summed E-state index contributed by atoms with van der Waals surface area (Å²) < 4.78 is 10.1. The smallest absolute Gasteiger partial charge is 0.408 e. The number of rotatable bonds is 8. The van der Waals surface area contributed by atoms with Crippen molar-refractivity contribution in [3.8, 4) is 0 Å². The lowest BCUT2D eigenvalue weighted by molar-refractivity contribution is -0.147. The van der Waals surface area contributed by atoms with Crippen molar-refractivity contribution in [3.63, 3.8) is 0 Å². The summed E-state index contributed by atoms with van der Waals surface area (Å²) in [6.07, 6.45) is 0.271. The molecule has 2 N–H and O–H groups in total. The molecular formula is C20H30N2O5. The molecule has 0 aliphatic heterocycles. The fourth-order valence-electron chi connectivity index (χ4n) is 2.31. The van der Waals surface area contributed by atoms with Gasteiger partial charge >= 0.3 is 12.1 Å². The largest absolute Gasteiger partial charge is 0.464 e. The van der Waals surface area contributed by atoms with Crippen LogP contribution in [-0.2, 0) is 25.5 Å². The SMILES string of the molecule is CCOC(=O)[C@H](C)NC(=O)[C@H](CCc1ccccc1)NC(=O)OC(C)(C)C. The summed E-state index contributed by atoms with van der Waals surface area (Å²) in [5, 5.41) is 5.18. The molecule has 0 aliphatic rings. The molecule has 0 unspecified atom stereocenters. The zero-order chi connectivity index (χ0) is 20.4. The second-order valence-corrected chi connectivity index (χ2v) is 7.21. The molecule has 27 heavy (non-hydrogen) atoms. The highest BCUT2D eigenvalue weighted by Crippen LogP contribution is 2.09. The van der Waals surface area contributed by atoms with E-state index in [9.17, 15) is 14.4 Å². The van der Waals surface area contributed by atoms with Crippen LogP contribution in [0.25, 0.3) is 0 Å².